The molecule has 0 saturated carbocycles. The fourth-order valence-corrected chi connectivity index (χ4v) is 5.59. The predicted octanol–water partition coefficient (Wildman–Crippen LogP) is 5.96. The molecule has 5 rings (SSSR count). The Labute approximate surface area is 161 Å². The van der Waals surface area contributed by atoms with E-state index in [9.17, 15) is 0 Å². The molecule has 26 heavy (non-hydrogen) atoms. The fourth-order valence-electron chi connectivity index (χ4n) is 3.40. The Kier molecular flexibility index (Phi) is 4.31. The Morgan fingerprint density at radius 2 is 0.923 bits per heavy atom. The van der Waals surface area contributed by atoms with Crippen LogP contribution in [0.5, 0.6) is 0 Å². The summed E-state index contributed by atoms with van der Waals surface area (Å²) in [6.45, 7) is 0. The molecule has 0 atom stereocenters. The quantitative estimate of drug-likeness (QED) is 0.355. The summed E-state index contributed by atoms with van der Waals surface area (Å²) in [5.41, 5.74) is 9.69. The van der Waals surface area contributed by atoms with E-state index in [1.807, 2.05) is 47.8 Å². The molecule has 3 aromatic carbocycles. The first-order valence-corrected chi connectivity index (χ1v) is 11.1. The maximum Gasteiger partial charge on any atom is 0.0897 e. The number of benzene rings is 3. The van der Waals surface area contributed by atoms with Crippen LogP contribution in [0, 0.1) is 0 Å². The van der Waals surface area contributed by atoms with Crippen LogP contribution in [-0.4, -0.2) is 9.97 Å². The lowest BCUT2D eigenvalue weighted by Gasteiger charge is -2.15. The fraction of sp³-hybridized carbons (Fsp3) is 0.182. The topological polar surface area (TPSA) is 25.8 Å². The largest absolute Gasteiger partial charge is 0.244 e. The van der Waals surface area contributed by atoms with E-state index in [2.05, 4.69) is 36.4 Å². The predicted molar refractivity (Wildman–Crippen MR) is 113 cm³/mol. The van der Waals surface area contributed by atoms with Gasteiger partial charge >= 0.3 is 0 Å². The summed E-state index contributed by atoms with van der Waals surface area (Å²) in [7, 11) is 0. The van der Waals surface area contributed by atoms with E-state index in [1.54, 1.807) is 0 Å². The van der Waals surface area contributed by atoms with Gasteiger partial charge in [0.2, 0.25) is 0 Å². The SMILES string of the molecule is c1ccc2c(c1)CSCc1cc3nc4ccccc4nc3cc1CSC2. The van der Waals surface area contributed by atoms with Gasteiger partial charge in [0, 0.05) is 23.0 Å². The normalized spacial score (nSPS) is 14.8. The zero-order valence-corrected chi connectivity index (χ0v) is 15.9. The molecule has 0 radical (unpaired) electrons. The number of fused-ring (bicyclic) bond motifs is 4. The Morgan fingerprint density at radius 1 is 0.500 bits per heavy atom. The van der Waals surface area contributed by atoms with E-state index in [-0.39, 0.29) is 0 Å². The van der Waals surface area contributed by atoms with Gasteiger partial charge in [0.15, 0.2) is 0 Å². The van der Waals surface area contributed by atoms with Gasteiger partial charge in [0.05, 0.1) is 22.1 Å². The highest BCUT2D eigenvalue weighted by atomic mass is 32.2. The third kappa shape index (κ3) is 3.08. The van der Waals surface area contributed by atoms with Crippen LogP contribution in [0.15, 0.2) is 60.7 Å². The molecule has 128 valence electrons. The second kappa shape index (κ2) is 6.93. The van der Waals surface area contributed by atoms with Crippen LogP contribution in [-0.2, 0) is 23.0 Å². The van der Waals surface area contributed by atoms with E-state index >= 15 is 0 Å². The molecule has 0 unspecified atom stereocenters. The van der Waals surface area contributed by atoms with Gasteiger partial charge in [-0.05, 0) is 46.5 Å². The first-order valence-electron chi connectivity index (χ1n) is 8.77. The smallest absolute Gasteiger partial charge is 0.0897 e. The van der Waals surface area contributed by atoms with Crippen LogP contribution in [0.1, 0.15) is 22.3 Å². The van der Waals surface area contributed by atoms with Crippen molar-refractivity contribution in [3.05, 3.63) is 82.9 Å². The monoisotopic (exact) mass is 374 g/mol. The summed E-state index contributed by atoms with van der Waals surface area (Å²) >= 11 is 3.98. The summed E-state index contributed by atoms with van der Waals surface area (Å²) < 4.78 is 0. The highest BCUT2D eigenvalue weighted by Crippen LogP contribution is 2.31. The molecule has 0 saturated heterocycles. The number of rotatable bonds is 0. The Balaban J connectivity index is 1.56. The first-order chi connectivity index (χ1) is 12.9. The van der Waals surface area contributed by atoms with Crippen LogP contribution in [0.4, 0.5) is 0 Å². The molecule has 0 bridgehead atoms. The van der Waals surface area contributed by atoms with E-state index in [4.69, 9.17) is 9.97 Å². The van der Waals surface area contributed by atoms with Gasteiger partial charge in [0.25, 0.3) is 0 Å². The molecule has 4 heteroatoms. The van der Waals surface area contributed by atoms with E-state index in [1.165, 1.54) is 22.3 Å². The lowest BCUT2D eigenvalue weighted by molar-refractivity contribution is 1.22. The molecule has 2 nitrogen and oxygen atoms in total. The third-order valence-electron chi connectivity index (χ3n) is 4.81. The standard InChI is InChI=1S/C22H18N2S2/c1-2-6-16-12-26-14-18-10-22-21(9-17(18)13-25-11-15(16)5-1)23-19-7-3-4-8-20(19)24-22/h1-10H,11-14H2. The first kappa shape index (κ1) is 16.2. The number of thioether (sulfide) groups is 2. The van der Waals surface area contributed by atoms with Crippen LogP contribution in [0.3, 0.4) is 0 Å². The molecule has 0 amide bonds. The zero-order chi connectivity index (χ0) is 17.3. The number of hydrogen-bond donors (Lipinski definition) is 0. The third-order valence-corrected chi connectivity index (χ3v) is 6.87. The second-order valence-electron chi connectivity index (χ2n) is 6.58. The Bertz CT molecular complexity index is 1020. The number of hydrogen-bond acceptors (Lipinski definition) is 4. The zero-order valence-electron chi connectivity index (χ0n) is 14.3. The van der Waals surface area contributed by atoms with Gasteiger partial charge in [-0.1, -0.05) is 36.4 Å². The van der Waals surface area contributed by atoms with Crippen molar-refractivity contribution >= 4 is 45.6 Å². The van der Waals surface area contributed by atoms with E-state index in [0.29, 0.717) is 0 Å². The number of aromatic nitrogens is 2. The average molecular weight is 375 g/mol. The summed E-state index contributed by atoms with van der Waals surface area (Å²) in [6, 6.07) is 21.5. The molecule has 4 aromatic rings. The van der Waals surface area contributed by atoms with Gasteiger partial charge in [-0.2, -0.15) is 23.5 Å². The van der Waals surface area contributed by atoms with Crippen LogP contribution in [0.2, 0.25) is 0 Å². The van der Waals surface area contributed by atoms with E-state index in [0.717, 1.165) is 45.1 Å². The minimum absolute atomic E-state index is 0.968. The van der Waals surface area contributed by atoms with Crippen molar-refractivity contribution in [1.82, 2.24) is 9.97 Å². The van der Waals surface area contributed by atoms with Gasteiger partial charge in [0.1, 0.15) is 0 Å². The molecule has 1 aliphatic heterocycles. The number of para-hydroxylation sites is 2. The Morgan fingerprint density at radius 3 is 1.42 bits per heavy atom. The molecule has 2 heterocycles. The van der Waals surface area contributed by atoms with Gasteiger partial charge in [-0.3, -0.25) is 0 Å². The summed E-state index contributed by atoms with van der Waals surface area (Å²) in [6.07, 6.45) is 0. The highest BCUT2D eigenvalue weighted by molar-refractivity contribution is 7.98. The van der Waals surface area contributed by atoms with Gasteiger partial charge in [-0.25, -0.2) is 9.97 Å². The summed E-state index contributed by atoms with van der Waals surface area (Å²) in [5, 5.41) is 0. The minimum atomic E-state index is 0.968. The van der Waals surface area contributed by atoms with Crippen LogP contribution >= 0.6 is 23.5 Å². The van der Waals surface area contributed by atoms with Crippen LogP contribution in [0.25, 0.3) is 22.1 Å². The molecular weight excluding hydrogens is 356 g/mol. The molecule has 0 fully saturated rings. The van der Waals surface area contributed by atoms with Crippen molar-refractivity contribution in [3.63, 3.8) is 0 Å². The van der Waals surface area contributed by atoms with E-state index < -0.39 is 0 Å². The maximum atomic E-state index is 4.84. The second-order valence-corrected chi connectivity index (χ2v) is 8.55. The van der Waals surface area contributed by atoms with Gasteiger partial charge in [-0.15, -0.1) is 0 Å². The lowest BCUT2D eigenvalue weighted by Crippen LogP contribution is -1.99. The summed E-state index contributed by atoms with van der Waals surface area (Å²) in [5.74, 6) is 4.18. The van der Waals surface area contributed by atoms with Crippen LogP contribution < -0.4 is 0 Å². The maximum absolute atomic E-state index is 4.84. The van der Waals surface area contributed by atoms with Crippen molar-refractivity contribution in [2.24, 2.45) is 0 Å². The molecule has 1 aliphatic rings. The average Bonchev–Trinajstić information content (AvgIpc) is 2.68. The molecule has 0 spiro atoms. The molecule has 0 aliphatic carbocycles. The van der Waals surface area contributed by atoms with Crippen molar-refractivity contribution < 1.29 is 0 Å². The van der Waals surface area contributed by atoms with Crippen molar-refractivity contribution in [2.45, 2.75) is 23.0 Å². The van der Waals surface area contributed by atoms with Crippen molar-refractivity contribution in [1.29, 1.82) is 0 Å². The molecular formula is C22H18N2S2. The number of nitrogens with zero attached hydrogens (tertiary/aromatic N) is 2. The minimum Gasteiger partial charge on any atom is -0.244 e. The Hall–Kier alpha value is -2.04. The van der Waals surface area contributed by atoms with Crippen molar-refractivity contribution in [3.8, 4) is 0 Å². The van der Waals surface area contributed by atoms with Gasteiger partial charge < -0.3 is 0 Å². The summed E-state index contributed by atoms with van der Waals surface area (Å²) in [4.78, 5) is 9.68. The molecule has 0 N–H and O–H groups in total. The highest BCUT2D eigenvalue weighted by Gasteiger charge is 2.12. The van der Waals surface area contributed by atoms with Crippen molar-refractivity contribution in [2.75, 3.05) is 0 Å². The molecule has 1 aromatic heterocycles. The lowest BCUT2D eigenvalue weighted by atomic mass is 10.1.